The fourth-order valence-electron chi connectivity index (χ4n) is 4.00. The van der Waals surface area contributed by atoms with Gasteiger partial charge in [-0.3, -0.25) is 5.32 Å². The molecule has 2 aromatic heterocycles. The minimum Gasteiger partial charge on any atom is -0.495 e. The van der Waals surface area contributed by atoms with Crippen molar-refractivity contribution in [3.63, 3.8) is 0 Å². The van der Waals surface area contributed by atoms with Gasteiger partial charge in [-0.05, 0) is 57.4 Å². The molecular formula is C23H31N7O3. The van der Waals surface area contributed by atoms with E-state index in [1.165, 1.54) is 6.33 Å². The summed E-state index contributed by atoms with van der Waals surface area (Å²) < 4.78 is 12.7. The van der Waals surface area contributed by atoms with Gasteiger partial charge < -0.3 is 25.8 Å². The topological polar surface area (TPSA) is 133 Å². The number of carbonyl (C=O) groups is 1. The van der Waals surface area contributed by atoms with Crippen LogP contribution < -0.4 is 26.4 Å². The summed E-state index contributed by atoms with van der Waals surface area (Å²) in [5, 5.41) is 7.21. The Bertz CT molecular complexity index is 1160. The van der Waals surface area contributed by atoms with Gasteiger partial charge in [-0.1, -0.05) is 6.07 Å². The summed E-state index contributed by atoms with van der Waals surface area (Å²) >= 11 is 0. The van der Waals surface area contributed by atoms with E-state index in [1.54, 1.807) is 13.2 Å². The van der Waals surface area contributed by atoms with Gasteiger partial charge in [-0.25, -0.2) is 14.3 Å². The first-order valence-electron chi connectivity index (χ1n) is 11.0. The Morgan fingerprint density at radius 2 is 1.94 bits per heavy atom. The van der Waals surface area contributed by atoms with Gasteiger partial charge in [0.15, 0.2) is 5.82 Å². The molecule has 3 aromatic rings. The van der Waals surface area contributed by atoms with E-state index in [0.29, 0.717) is 17.3 Å². The molecule has 1 amide bonds. The number of piperidine rings is 1. The third kappa shape index (κ3) is 4.80. The van der Waals surface area contributed by atoms with Crippen LogP contribution in [0, 0.1) is 0 Å². The van der Waals surface area contributed by atoms with Gasteiger partial charge in [0, 0.05) is 24.7 Å². The molecule has 1 fully saturated rings. The molecule has 10 nitrogen and oxygen atoms in total. The number of nitrogens with two attached hydrogens (primary N) is 2. The van der Waals surface area contributed by atoms with Crippen LogP contribution in [0.1, 0.15) is 33.6 Å². The van der Waals surface area contributed by atoms with Gasteiger partial charge in [-0.15, -0.1) is 0 Å². The lowest BCUT2D eigenvalue weighted by Gasteiger charge is -2.31. The maximum Gasteiger partial charge on any atom is 0.412 e. The average Bonchev–Trinajstić information content (AvgIpc) is 3.14. The molecule has 0 aliphatic carbocycles. The van der Waals surface area contributed by atoms with Crippen LogP contribution in [-0.2, 0) is 4.74 Å². The summed E-state index contributed by atoms with van der Waals surface area (Å²) in [7, 11) is 1.55. The maximum absolute atomic E-state index is 12.2. The Kier molecular flexibility index (Phi) is 6.03. The van der Waals surface area contributed by atoms with Crippen LogP contribution in [0.25, 0.3) is 16.6 Å². The molecule has 10 heteroatoms. The number of amides is 1. The summed E-state index contributed by atoms with van der Waals surface area (Å²) in [6.45, 7) is 7.12. The van der Waals surface area contributed by atoms with Gasteiger partial charge in [0.05, 0.1) is 12.8 Å². The SMILES string of the molecule is COc1cc(-c2cc(N3CCC(N)CC3)n3ncnc(N)c23)ccc1NC(=O)OC(C)(C)C. The smallest absolute Gasteiger partial charge is 0.412 e. The number of nitrogens with one attached hydrogen (secondary N) is 1. The predicted octanol–water partition coefficient (Wildman–Crippen LogP) is 3.26. The fraction of sp³-hybridized carbons (Fsp3) is 0.435. The number of rotatable bonds is 4. The quantitative estimate of drug-likeness (QED) is 0.548. The van der Waals surface area contributed by atoms with Crippen LogP contribution in [0.3, 0.4) is 0 Å². The number of fused-ring (bicyclic) bond motifs is 1. The largest absolute Gasteiger partial charge is 0.495 e. The molecule has 3 heterocycles. The molecule has 0 atom stereocenters. The van der Waals surface area contributed by atoms with Crippen molar-refractivity contribution in [3.8, 4) is 16.9 Å². The molecule has 0 saturated carbocycles. The molecule has 1 aromatic carbocycles. The molecule has 5 N–H and O–H groups in total. The summed E-state index contributed by atoms with van der Waals surface area (Å²) in [6, 6.07) is 7.81. The Hall–Kier alpha value is -3.53. The molecule has 1 saturated heterocycles. The van der Waals surface area contributed by atoms with Crippen molar-refractivity contribution in [1.29, 1.82) is 0 Å². The normalized spacial score (nSPS) is 15.0. The Labute approximate surface area is 192 Å². The van der Waals surface area contributed by atoms with Crippen LogP contribution in [0.4, 0.5) is 22.1 Å². The van der Waals surface area contributed by atoms with Gasteiger partial charge >= 0.3 is 6.09 Å². The highest BCUT2D eigenvalue weighted by Crippen LogP contribution is 2.38. The number of ether oxygens (including phenoxy) is 2. The highest BCUT2D eigenvalue weighted by atomic mass is 16.6. The lowest BCUT2D eigenvalue weighted by Crippen LogP contribution is -2.40. The fourth-order valence-corrected chi connectivity index (χ4v) is 4.00. The van der Waals surface area contributed by atoms with E-state index >= 15 is 0 Å². The van der Waals surface area contributed by atoms with Gasteiger partial charge in [0.1, 0.15) is 29.0 Å². The van der Waals surface area contributed by atoms with Crippen molar-refractivity contribution >= 4 is 28.9 Å². The summed E-state index contributed by atoms with van der Waals surface area (Å²) in [5.74, 6) is 1.82. The van der Waals surface area contributed by atoms with Gasteiger partial charge in [-0.2, -0.15) is 5.10 Å². The molecule has 1 aliphatic rings. The van der Waals surface area contributed by atoms with E-state index in [-0.39, 0.29) is 6.04 Å². The molecule has 4 rings (SSSR count). The summed E-state index contributed by atoms with van der Waals surface area (Å²) in [6.07, 6.45) is 2.75. The Balaban J connectivity index is 1.72. The second kappa shape index (κ2) is 8.78. The number of aromatic nitrogens is 3. The van der Waals surface area contributed by atoms with E-state index < -0.39 is 11.7 Å². The standard InChI is InChI=1S/C23H31N7O3/c1-23(2,3)33-22(31)28-17-6-5-14(11-18(17)32-4)16-12-19(29-9-7-15(24)8-10-29)30-20(16)21(25)26-13-27-30/h5-6,11-13,15H,7-10,24H2,1-4H3,(H,28,31)(H2,25,26,27). The van der Waals surface area contributed by atoms with E-state index in [0.717, 1.165) is 48.4 Å². The number of nitrogens with zero attached hydrogens (tertiary/aromatic N) is 4. The maximum atomic E-state index is 12.2. The van der Waals surface area contributed by atoms with Gasteiger partial charge in [0.2, 0.25) is 0 Å². The van der Waals surface area contributed by atoms with Crippen molar-refractivity contribution in [2.75, 3.05) is 36.1 Å². The summed E-state index contributed by atoms with van der Waals surface area (Å²) in [4.78, 5) is 18.7. The number of nitrogen functional groups attached to an aromatic ring is 1. The molecule has 33 heavy (non-hydrogen) atoms. The minimum absolute atomic E-state index is 0.223. The van der Waals surface area contributed by atoms with E-state index in [1.807, 2.05) is 37.4 Å². The van der Waals surface area contributed by atoms with Crippen LogP contribution in [-0.4, -0.2) is 52.5 Å². The number of anilines is 3. The summed E-state index contributed by atoms with van der Waals surface area (Å²) in [5.41, 5.74) is 14.7. The first-order valence-corrected chi connectivity index (χ1v) is 11.0. The van der Waals surface area contributed by atoms with E-state index in [4.69, 9.17) is 20.9 Å². The molecule has 0 bridgehead atoms. The van der Waals surface area contributed by atoms with Crippen LogP contribution in [0.5, 0.6) is 5.75 Å². The molecular weight excluding hydrogens is 422 g/mol. The second-order valence-corrected chi connectivity index (χ2v) is 9.19. The third-order valence-electron chi connectivity index (χ3n) is 5.58. The third-order valence-corrected chi connectivity index (χ3v) is 5.58. The first kappa shape index (κ1) is 22.7. The predicted molar refractivity (Wildman–Crippen MR) is 129 cm³/mol. The average molecular weight is 454 g/mol. The molecule has 0 radical (unpaired) electrons. The van der Waals surface area contributed by atoms with E-state index in [2.05, 4.69) is 26.4 Å². The zero-order valence-corrected chi connectivity index (χ0v) is 19.5. The molecule has 176 valence electrons. The van der Waals surface area contributed by atoms with Crippen molar-refractivity contribution < 1.29 is 14.3 Å². The Morgan fingerprint density at radius 1 is 1.21 bits per heavy atom. The first-order chi connectivity index (χ1) is 15.7. The molecule has 0 spiro atoms. The van der Waals surface area contributed by atoms with Crippen LogP contribution in [0.15, 0.2) is 30.6 Å². The van der Waals surface area contributed by atoms with Crippen LogP contribution in [0.2, 0.25) is 0 Å². The molecule has 1 aliphatic heterocycles. The van der Waals surface area contributed by atoms with Crippen LogP contribution >= 0.6 is 0 Å². The number of benzene rings is 1. The minimum atomic E-state index is -0.602. The monoisotopic (exact) mass is 453 g/mol. The molecule has 0 unspecified atom stereocenters. The van der Waals surface area contributed by atoms with Crippen molar-refractivity contribution in [2.24, 2.45) is 5.73 Å². The number of carbonyl (C=O) groups excluding carboxylic acids is 1. The number of hydrogen-bond acceptors (Lipinski definition) is 8. The zero-order valence-electron chi connectivity index (χ0n) is 19.5. The number of methoxy groups -OCH3 is 1. The van der Waals surface area contributed by atoms with Gasteiger partial charge in [0.25, 0.3) is 0 Å². The van der Waals surface area contributed by atoms with Crippen molar-refractivity contribution in [2.45, 2.75) is 45.3 Å². The lowest BCUT2D eigenvalue weighted by molar-refractivity contribution is 0.0635. The van der Waals surface area contributed by atoms with E-state index in [9.17, 15) is 4.79 Å². The Morgan fingerprint density at radius 3 is 2.61 bits per heavy atom. The zero-order chi connectivity index (χ0) is 23.8. The lowest BCUT2D eigenvalue weighted by atomic mass is 10.0. The van der Waals surface area contributed by atoms with Crippen molar-refractivity contribution in [1.82, 2.24) is 14.6 Å². The number of hydrogen-bond donors (Lipinski definition) is 3. The van der Waals surface area contributed by atoms with Crippen molar-refractivity contribution in [3.05, 3.63) is 30.6 Å². The second-order valence-electron chi connectivity index (χ2n) is 9.19. The highest BCUT2D eigenvalue weighted by Gasteiger charge is 2.24. The highest BCUT2D eigenvalue weighted by molar-refractivity contribution is 5.93.